The molecule has 560 valence electrons. The van der Waals surface area contributed by atoms with Crippen LogP contribution in [0.25, 0.3) is 0 Å². The first-order valence-corrected chi connectivity index (χ1v) is 42.7. The van der Waals surface area contributed by atoms with Gasteiger partial charge in [-0.1, -0.05) is 159 Å². The Morgan fingerprint density at radius 2 is 0.670 bits per heavy atom. The zero-order chi connectivity index (χ0) is 72.7. The summed E-state index contributed by atoms with van der Waals surface area (Å²) in [6, 6.07) is 42.4. The van der Waals surface area contributed by atoms with Gasteiger partial charge in [0.05, 0.1) is 99.1 Å². The second-order valence-electron chi connectivity index (χ2n) is 27.9. The van der Waals surface area contributed by atoms with E-state index < -0.39 is 68.8 Å². The Hall–Kier alpha value is -4.43. The van der Waals surface area contributed by atoms with Crippen LogP contribution in [-0.4, -0.2) is 142 Å². The largest absolute Gasteiger partial charge is 0.480 e. The molecule has 18 saturated heterocycles. The first-order chi connectivity index (χ1) is 49.2. The molecule has 0 N–H and O–H groups in total. The number of ether oxygens (including phenoxy) is 1. The number of aryl methyl sites for hydroxylation is 3. The summed E-state index contributed by atoms with van der Waals surface area (Å²) in [6.07, 6.45) is 7.76. The van der Waals surface area contributed by atoms with Gasteiger partial charge in [0.1, 0.15) is 47.6 Å². The molecule has 18 fully saturated rings. The Kier molecular flexibility index (Phi) is 24.6. The minimum atomic E-state index is -3.36. The van der Waals surface area contributed by atoms with Crippen molar-refractivity contribution < 1.29 is 128 Å². The Balaban J connectivity index is 0.000000117. The Morgan fingerprint density at radius 3 is 1.09 bits per heavy atom. The highest BCUT2D eigenvalue weighted by Gasteiger charge is 2.58. The van der Waals surface area contributed by atoms with Crippen LogP contribution in [0.3, 0.4) is 0 Å². The van der Waals surface area contributed by atoms with E-state index in [-0.39, 0.29) is 107 Å². The topological polar surface area (TPSA) is 329 Å². The molecule has 18 aliphatic heterocycles. The number of phosphoric acid groups is 6. The summed E-state index contributed by atoms with van der Waals surface area (Å²) in [7, 11) is -19.6. The van der Waals surface area contributed by atoms with Crippen LogP contribution in [0.2, 0.25) is 0 Å². The summed E-state index contributed by atoms with van der Waals surface area (Å²) in [5.41, 5.74) is 3.54. The second-order valence-corrected chi connectivity index (χ2v) is 37.9. The molecule has 34 heteroatoms. The van der Waals surface area contributed by atoms with Crippen molar-refractivity contribution >= 4 is 64.3 Å². The third-order valence-corrected chi connectivity index (χ3v) is 26.9. The lowest BCUT2D eigenvalue weighted by atomic mass is 9.82. The van der Waals surface area contributed by atoms with Gasteiger partial charge < -0.3 is 4.74 Å². The van der Waals surface area contributed by atoms with Crippen molar-refractivity contribution in [2.45, 2.75) is 84.7 Å². The van der Waals surface area contributed by atoms with Crippen LogP contribution >= 0.6 is 46.9 Å². The van der Waals surface area contributed by atoms with E-state index in [1.807, 2.05) is 86.6 Å². The number of rotatable bonds is 17. The maximum atomic E-state index is 12.5. The molecule has 5 aromatic carbocycles. The van der Waals surface area contributed by atoms with Gasteiger partial charge in [-0.25, -0.2) is 27.4 Å². The lowest BCUT2D eigenvalue weighted by Crippen LogP contribution is -2.55. The van der Waals surface area contributed by atoms with Crippen LogP contribution in [-0.2, 0) is 126 Å². The Morgan fingerprint density at radius 1 is 0.340 bits per heavy atom. The summed E-state index contributed by atoms with van der Waals surface area (Å²) in [6.45, 7) is 12.7. The molecule has 103 heavy (non-hydrogen) atoms. The molecule has 0 radical (unpaired) electrons. The Bertz CT molecular complexity index is 3880. The van der Waals surface area contributed by atoms with Gasteiger partial charge in [0.2, 0.25) is 0 Å². The van der Waals surface area contributed by atoms with Crippen LogP contribution in [0.5, 0.6) is 5.75 Å². The van der Waals surface area contributed by atoms with E-state index in [2.05, 4.69) is 44.2 Å². The summed E-state index contributed by atoms with van der Waals surface area (Å²) in [5, 5.41) is 0. The molecule has 0 unspecified atom stereocenters. The molecule has 0 atom stereocenters. The van der Waals surface area contributed by atoms with Gasteiger partial charge in [-0.3, -0.25) is 95.8 Å². The number of fused-ring (bicyclic) bond motifs is 18. The standard InChI is InChI=1S/C12H13O5P.C12H21O5P.C12H15O4P.C11H13O5P.C11H11O5P.C11H13O4P/c1-9-3-2-4-10(5-9)11(13)12-6-15-18(14,16-7-12)17-8-12;1-2-3-4-5-6-7-11(13)12-8-15-18(14,16-9-12)17-10-12;1-10-3-2-4-11(5-10)6-12-7-14-17(13,15-8-12)16-9-12;1-9-3-2-4-10(5-9)16-11-6-13-17(12,14-7-11)15-8-11;12-10(9-4-2-1-3-5-9)11-6-14-17(13,15-7-11)16-8-11;12-16-13-7-11(8-14-16,9-15-16)6-10-4-2-1-3-5-10/h2-5H,6-8H2,1H3;2-10H2,1H3;2-5H,6-9H2,1H3;2-5H,6-8H2,1H3;1-5H,6-8H2;1-5H,6-9H2. The minimum Gasteiger partial charge on any atom is -0.480 e. The maximum absolute atomic E-state index is 12.5. The van der Waals surface area contributed by atoms with E-state index in [1.54, 1.807) is 30.3 Å². The lowest BCUT2D eigenvalue weighted by molar-refractivity contribution is -0.150. The van der Waals surface area contributed by atoms with E-state index in [9.17, 15) is 41.8 Å². The van der Waals surface area contributed by atoms with Crippen molar-refractivity contribution in [3.63, 3.8) is 0 Å². The fourth-order valence-electron chi connectivity index (χ4n) is 12.5. The number of carbonyl (C=O) groups excluding carboxylic acids is 3. The molecular weight excluding hydrogens is 1460 g/mol. The van der Waals surface area contributed by atoms with E-state index >= 15 is 0 Å². The second kappa shape index (κ2) is 32.4. The zero-order valence-corrected chi connectivity index (χ0v) is 63.1. The molecule has 0 aliphatic carbocycles. The van der Waals surface area contributed by atoms with Gasteiger partial charge in [0.25, 0.3) is 0 Å². The van der Waals surface area contributed by atoms with Crippen molar-refractivity contribution in [2.75, 3.05) is 119 Å². The third kappa shape index (κ3) is 19.2. The van der Waals surface area contributed by atoms with Crippen LogP contribution in [0, 0.1) is 47.8 Å². The normalized spacial score (nSPS) is 35.7. The maximum Gasteiger partial charge on any atom is 0.475 e. The van der Waals surface area contributed by atoms with Crippen molar-refractivity contribution in [1.82, 2.24) is 0 Å². The van der Waals surface area contributed by atoms with Crippen molar-refractivity contribution in [3.8, 4) is 5.75 Å². The van der Waals surface area contributed by atoms with Crippen LogP contribution in [0.4, 0.5) is 0 Å². The van der Waals surface area contributed by atoms with Crippen LogP contribution in [0.15, 0.2) is 133 Å². The zero-order valence-electron chi connectivity index (χ0n) is 57.7. The predicted octanol–water partition coefficient (Wildman–Crippen LogP) is 14.9. The van der Waals surface area contributed by atoms with Crippen molar-refractivity contribution in [3.05, 3.63) is 172 Å². The fourth-order valence-corrected chi connectivity index (χ4v) is 21.3. The van der Waals surface area contributed by atoms with Gasteiger partial charge in [0.15, 0.2) is 17.2 Å². The average molecular weight is 1550 g/mol. The SMILES string of the molecule is CCCCCCCC(=O)C12COP(=O)(OC1)OC2.Cc1cccc(C(=O)C23COP(=O)(OC2)OC3)c1.Cc1cccc(CC23COP(=O)(OC2)OC3)c1.Cc1cccc(OC23COP(=O)(OC2)OC3)c1.O=C(c1ccccc1)C12COP(=O)(OC1)OC2.O=P12OCC(Cc3ccccc3)(CO1)CO2. The van der Waals surface area contributed by atoms with Crippen LogP contribution in [0.1, 0.15) is 94.0 Å². The number of unbranched alkanes of at least 4 members (excludes halogenated alkanes) is 4. The van der Waals surface area contributed by atoms with Gasteiger partial charge in [-0.05, 0) is 74.9 Å². The Labute approximate surface area is 598 Å². The molecular formula is C69H86O28P6. The summed E-state index contributed by atoms with van der Waals surface area (Å²) in [4.78, 5) is 37.0. The highest BCUT2D eigenvalue weighted by Crippen LogP contribution is 2.65. The molecule has 12 bridgehead atoms. The first kappa shape index (κ1) is 78.2. The predicted molar refractivity (Wildman–Crippen MR) is 369 cm³/mol. The highest BCUT2D eigenvalue weighted by atomic mass is 31.2. The lowest BCUT2D eigenvalue weighted by Gasteiger charge is -2.44. The molecule has 0 amide bonds. The van der Waals surface area contributed by atoms with Gasteiger partial charge >= 0.3 is 46.9 Å². The van der Waals surface area contributed by atoms with Crippen molar-refractivity contribution in [2.24, 2.45) is 27.1 Å². The number of benzene rings is 5. The summed E-state index contributed by atoms with van der Waals surface area (Å²) >= 11 is 0. The third-order valence-electron chi connectivity index (χ3n) is 18.9. The number of ketones is 3. The molecule has 0 saturated carbocycles. The number of hydrogen-bond donors (Lipinski definition) is 0. The van der Waals surface area contributed by atoms with Crippen molar-refractivity contribution in [1.29, 1.82) is 0 Å². The quantitative estimate of drug-likeness (QED) is 0.0474. The molecule has 28 nitrogen and oxygen atoms in total. The van der Waals surface area contributed by atoms with Gasteiger partial charge in [-0.2, -0.15) is 0 Å². The number of Topliss-reactive ketones (excluding diaryl/α,β-unsaturated/α-hetero) is 3. The first-order valence-electron chi connectivity index (χ1n) is 34.0. The summed E-state index contributed by atoms with van der Waals surface area (Å²) < 4.78 is 167. The number of carbonyl (C=O) groups is 3. The number of phosphoric ester groups is 6. The van der Waals surface area contributed by atoms with E-state index in [0.29, 0.717) is 57.2 Å². The van der Waals surface area contributed by atoms with E-state index in [4.69, 9.17) is 86.2 Å². The van der Waals surface area contributed by atoms with Crippen LogP contribution < -0.4 is 4.74 Å². The number of hydrogen-bond acceptors (Lipinski definition) is 28. The molecule has 23 rings (SSSR count). The smallest absolute Gasteiger partial charge is 0.475 e. The monoisotopic (exact) mass is 1550 g/mol. The van der Waals surface area contributed by atoms with Gasteiger partial charge in [-0.15, -0.1) is 0 Å². The van der Waals surface area contributed by atoms with Gasteiger partial charge in [0, 0.05) is 28.4 Å². The molecule has 0 aromatic heterocycles. The minimum absolute atomic E-state index is 0.0860. The van der Waals surface area contributed by atoms with E-state index in [0.717, 1.165) is 42.6 Å². The average Bonchev–Trinajstić information content (AvgIpc) is 0.782. The fraction of sp³-hybridized carbons (Fsp3) is 0.522. The molecule has 18 heterocycles. The molecule has 18 aliphatic rings. The molecule has 5 aromatic rings. The molecule has 0 spiro atoms. The highest BCUT2D eigenvalue weighted by molar-refractivity contribution is 7.50. The van der Waals surface area contributed by atoms with E-state index in [1.165, 1.54) is 36.0 Å². The summed E-state index contributed by atoms with van der Waals surface area (Å²) in [5.74, 6) is 0.672.